The maximum Gasteiger partial charge on any atom is 0.271 e. The standard InChI is InChI=1S/C21H17BrN2O2/c22-20-9-5-4-8-18(20)15-26-19-12-10-17(11-13-19)21(25)24-23-14-16-6-2-1-3-7-16/h1-14H,15H2,(H,24,25). The van der Waals surface area contributed by atoms with Crippen molar-refractivity contribution in [1.29, 1.82) is 0 Å². The Labute approximate surface area is 160 Å². The van der Waals surface area contributed by atoms with Crippen molar-refractivity contribution in [2.75, 3.05) is 0 Å². The second-order valence-electron chi connectivity index (χ2n) is 5.51. The van der Waals surface area contributed by atoms with E-state index in [0.29, 0.717) is 17.9 Å². The lowest BCUT2D eigenvalue weighted by molar-refractivity contribution is 0.0955. The van der Waals surface area contributed by atoms with Crippen molar-refractivity contribution in [3.05, 3.63) is 100 Å². The summed E-state index contributed by atoms with van der Waals surface area (Å²) in [6.45, 7) is 0.453. The lowest BCUT2D eigenvalue weighted by Crippen LogP contribution is -2.17. The first-order chi connectivity index (χ1) is 12.7. The van der Waals surface area contributed by atoms with Gasteiger partial charge in [0.15, 0.2) is 0 Å². The molecular formula is C21H17BrN2O2. The average Bonchev–Trinajstić information content (AvgIpc) is 2.68. The Morgan fingerprint density at radius 3 is 2.38 bits per heavy atom. The van der Waals surface area contributed by atoms with E-state index in [0.717, 1.165) is 15.6 Å². The van der Waals surface area contributed by atoms with E-state index in [9.17, 15) is 4.79 Å². The number of nitrogens with zero attached hydrogens (tertiary/aromatic N) is 1. The molecule has 0 bridgehead atoms. The quantitative estimate of drug-likeness (QED) is 0.470. The zero-order valence-corrected chi connectivity index (χ0v) is 15.5. The molecule has 1 N–H and O–H groups in total. The summed E-state index contributed by atoms with van der Waals surface area (Å²) in [5.74, 6) is 0.430. The van der Waals surface area contributed by atoms with Crippen LogP contribution in [0.3, 0.4) is 0 Å². The Bertz CT molecular complexity index is 893. The van der Waals surface area contributed by atoms with Gasteiger partial charge in [0.25, 0.3) is 5.91 Å². The molecule has 130 valence electrons. The van der Waals surface area contributed by atoms with Gasteiger partial charge in [0, 0.05) is 15.6 Å². The average molecular weight is 409 g/mol. The van der Waals surface area contributed by atoms with E-state index >= 15 is 0 Å². The first-order valence-corrected chi connectivity index (χ1v) is 8.86. The summed E-state index contributed by atoms with van der Waals surface area (Å²) in [6.07, 6.45) is 1.60. The summed E-state index contributed by atoms with van der Waals surface area (Å²) in [5, 5.41) is 3.97. The third-order valence-electron chi connectivity index (χ3n) is 3.65. The fraction of sp³-hybridized carbons (Fsp3) is 0.0476. The van der Waals surface area contributed by atoms with Gasteiger partial charge in [-0.2, -0.15) is 5.10 Å². The summed E-state index contributed by atoms with van der Waals surface area (Å²) in [4.78, 5) is 12.1. The van der Waals surface area contributed by atoms with Crippen molar-refractivity contribution >= 4 is 28.1 Å². The molecule has 3 rings (SSSR count). The summed E-state index contributed by atoms with van der Waals surface area (Å²) >= 11 is 3.50. The van der Waals surface area contributed by atoms with E-state index in [1.165, 1.54) is 0 Å². The second kappa shape index (κ2) is 8.97. The van der Waals surface area contributed by atoms with E-state index in [-0.39, 0.29) is 5.91 Å². The molecule has 0 saturated carbocycles. The molecule has 4 nitrogen and oxygen atoms in total. The third-order valence-corrected chi connectivity index (χ3v) is 4.42. The molecule has 0 fully saturated rings. The molecule has 0 atom stereocenters. The van der Waals surface area contributed by atoms with Crippen LogP contribution in [0, 0.1) is 0 Å². The normalized spacial score (nSPS) is 10.7. The van der Waals surface area contributed by atoms with Crippen LogP contribution in [-0.2, 0) is 6.61 Å². The number of nitrogens with one attached hydrogen (secondary N) is 1. The molecule has 0 radical (unpaired) electrons. The lowest BCUT2D eigenvalue weighted by atomic mass is 10.2. The fourth-order valence-corrected chi connectivity index (χ4v) is 2.65. The SMILES string of the molecule is O=C(NN=Cc1ccccc1)c1ccc(OCc2ccccc2Br)cc1. The van der Waals surface area contributed by atoms with Gasteiger partial charge < -0.3 is 4.74 Å². The molecule has 0 saturated heterocycles. The minimum Gasteiger partial charge on any atom is -0.489 e. The highest BCUT2D eigenvalue weighted by molar-refractivity contribution is 9.10. The van der Waals surface area contributed by atoms with Gasteiger partial charge in [-0.3, -0.25) is 4.79 Å². The highest BCUT2D eigenvalue weighted by atomic mass is 79.9. The van der Waals surface area contributed by atoms with Crippen molar-refractivity contribution in [3.8, 4) is 5.75 Å². The van der Waals surface area contributed by atoms with Crippen LogP contribution in [0.5, 0.6) is 5.75 Å². The van der Waals surface area contributed by atoms with Crippen LogP contribution in [0.1, 0.15) is 21.5 Å². The minimum absolute atomic E-state index is 0.269. The molecule has 0 spiro atoms. The highest BCUT2D eigenvalue weighted by Crippen LogP contribution is 2.19. The number of rotatable bonds is 6. The van der Waals surface area contributed by atoms with Gasteiger partial charge in [-0.05, 0) is 35.9 Å². The zero-order valence-electron chi connectivity index (χ0n) is 13.9. The summed E-state index contributed by atoms with van der Waals surface area (Å²) in [5.41, 5.74) is 5.01. The van der Waals surface area contributed by atoms with Crippen LogP contribution >= 0.6 is 15.9 Å². The van der Waals surface area contributed by atoms with Gasteiger partial charge in [-0.15, -0.1) is 0 Å². The van der Waals surface area contributed by atoms with Crippen LogP contribution < -0.4 is 10.2 Å². The largest absolute Gasteiger partial charge is 0.489 e. The van der Waals surface area contributed by atoms with Crippen LogP contribution in [0.25, 0.3) is 0 Å². The van der Waals surface area contributed by atoms with Crippen molar-refractivity contribution in [1.82, 2.24) is 5.43 Å². The number of benzene rings is 3. The number of ether oxygens (including phenoxy) is 1. The Hall–Kier alpha value is -2.92. The maximum absolute atomic E-state index is 12.1. The minimum atomic E-state index is -0.269. The molecule has 3 aromatic rings. The van der Waals surface area contributed by atoms with Crippen LogP contribution in [-0.4, -0.2) is 12.1 Å². The van der Waals surface area contributed by atoms with Crippen molar-refractivity contribution in [3.63, 3.8) is 0 Å². The van der Waals surface area contributed by atoms with Crippen LogP contribution in [0.4, 0.5) is 0 Å². The molecule has 0 aromatic heterocycles. The number of hydrogen-bond acceptors (Lipinski definition) is 3. The molecule has 26 heavy (non-hydrogen) atoms. The molecule has 0 aliphatic heterocycles. The highest BCUT2D eigenvalue weighted by Gasteiger charge is 2.05. The van der Waals surface area contributed by atoms with Crippen LogP contribution in [0.15, 0.2) is 88.4 Å². The predicted octanol–water partition coefficient (Wildman–Crippen LogP) is 4.79. The first-order valence-electron chi connectivity index (χ1n) is 8.07. The topological polar surface area (TPSA) is 50.7 Å². The molecule has 0 aliphatic rings. The summed E-state index contributed by atoms with van der Waals surface area (Å²) in [6, 6.07) is 24.4. The Morgan fingerprint density at radius 2 is 1.65 bits per heavy atom. The predicted molar refractivity (Wildman–Crippen MR) is 106 cm³/mol. The smallest absolute Gasteiger partial charge is 0.271 e. The van der Waals surface area contributed by atoms with Gasteiger partial charge in [0.1, 0.15) is 12.4 Å². The second-order valence-corrected chi connectivity index (χ2v) is 6.37. The van der Waals surface area contributed by atoms with Crippen molar-refractivity contribution in [2.45, 2.75) is 6.61 Å². The Morgan fingerprint density at radius 1 is 0.962 bits per heavy atom. The Kier molecular flexibility index (Phi) is 6.17. The molecule has 5 heteroatoms. The number of hydrogen-bond donors (Lipinski definition) is 1. The lowest BCUT2D eigenvalue weighted by Gasteiger charge is -2.08. The number of amides is 1. The van der Waals surface area contributed by atoms with Crippen molar-refractivity contribution < 1.29 is 9.53 Å². The zero-order chi connectivity index (χ0) is 18.2. The van der Waals surface area contributed by atoms with E-state index in [2.05, 4.69) is 26.5 Å². The molecule has 0 heterocycles. The number of carbonyl (C=O) groups excluding carboxylic acids is 1. The number of hydrazone groups is 1. The number of carbonyl (C=O) groups is 1. The van der Waals surface area contributed by atoms with E-state index in [1.807, 2.05) is 54.6 Å². The van der Waals surface area contributed by atoms with Crippen LogP contribution in [0.2, 0.25) is 0 Å². The monoisotopic (exact) mass is 408 g/mol. The van der Waals surface area contributed by atoms with Gasteiger partial charge in [0.05, 0.1) is 6.21 Å². The third kappa shape index (κ3) is 5.04. The first kappa shape index (κ1) is 17.9. The van der Waals surface area contributed by atoms with E-state index < -0.39 is 0 Å². The van der Waals surface area contributed by atoms with Crippen molar-refractivity contribution in [2.24, 2.45) is 5.10 Å². The Balaban J connectivity index is 1.54. The maximum atomic E-state index is 12.1. The summed E-state index contributed by atoms with van der Waals surface area (Å²) in [7, 11) is 0. The molecular weight excluding hydrogens is 392 g/mol. The van der Waals surface area contributed by atoms with E-state index in [4.69, 9.17) is 4.74 Å². The fourth-order valence-electron chi connectivity index (χ4n) is 2.25. The van der Waals surface area contributed by atoms with Gasteiger partial charge in [-0.1, -0.05) is 64.5 Å². The summed E-state index contributed by atoms with van der Waals surface area (Å²) < 4.78 is 6.76. The van der Waals surface area contributed by atoms with E-state index in [1.54, 1.807) is 30.5 Å². The van der Waals surface area contributed by atoms with Gasteiger partial charge >= 0.3 is 0 Å². The molecule has 0 aliphatic carbocycles. The molecule has 3 aromatic carbocycles. The number of halogens is 1. The molecule has 1 amide bonds. The van der Waals surface area contributed by atoms with Gasteiger partial charge in [-0.25, -0.2) is 5.43 Å². The van der Waals surface area contributed by atoms with Gasteiger partial charge in [0.2, 0.25) is 0 Å². The molecule has 0 unspecified atom stereocenters.